The monoisotopic (exact) mass is 322 g/mol. The van der Waals surface area contributed by atoms with E-state index in [0.717, 1.165) is 16.7 Å². The van der Waals surface area contributed by atoms with Crippen LogP contribution in [-0.4, -0.2) is 11.1 Å². The SMILES string of the molecule is CC(C)(Cc1ccc(-c2cc(Cl)cc(Cl)c2)cc1)C(=O)O. The Hall–Kier alpha value is -1.51. The number of aliphatic carboxylic acids is 1. The molecule has 0 aliphatic heterocycles. The fourth-order valence-electron chi connectivity index (χ4n) is 2.12. The molecule has 0 bridgehead atoms. The van der Waals surface area contributed by atoms with Crippen LogP contribution in [0.5, 0.6) is 0 Å². The summed E-state index contributed by atoms with van der Waals surface area (Å²) in [6.45, 7) is 3.44. The van der Waals surface area contributed by atoms with Crippen molar-refractivity contribution in [2.24, 2.45) is 5.41 Å². The van der Waals surface area contributed by atoms with Gasteiger partial charge in [0.05, 0.1) is 5.41 Å². The lowest BCUT2D eigenvalue weighted by Gasteiger charge is -2.19. The van der Waals surface area contributed by atoms with Crippen LogP contribution < -0.4 is 0 Å². The van der Waals surface area contributed by atoms with Gasteiger partial charge in [0.25, 0.3) is 0 Å². The Labute approximate surface area is 134 Å². The molecule has 0 unspecified atom stereocenters. The van der Waals surface area contributed by atoms with E-state index in [-0.39, 0.29) is 0 Å². The summed E-state index contributed by atoms with van der Waals surface area (Å²) in [5, 5.41) is 10.3. The molecule has 21 heavy (non-hydrogen) atoms. The van der Waals surface area contributed by atoms with Crippen LogP contribution in [0.2, 0.25) is 10.0 Å². The highest BCUT2D eigenvalue weighted by atomic mass is 35.5. The van der Waals surface area contributed by atoms with Crippen LogP contribution in [0.3, 0.4) is 0 Å². The normalized spacial score (nSPS) is 11.4. The predicted octanol–water partition coefficient (Wildman–Crippen LogP) is 5.31. The van der Waals surface area contributed by atoms with Crippen LogP contribution in [0.4, 0.5) is 0 Å². The van der Waals surface area contributed by atoms with Crippen LogP contribution >= 0.6 is 23.2 Å². The summed E-state index contributed by atoms with van der Waals surface area (Å²) in [4.78, 5) is 11.2. The van der Waals surface area contributed by atoms with Gasteiger partial charge in [-0.3, -0.25) is 4.79 Å². The fraction of sp³-hybridized carbons (Fsp3) is 0.235. The standard InChI is InChI=1S/C17H16Cl2O2/c1-17(2,16(20)21)10-11-3-5-12(6-4-11)13-7-14(18)9-15(19)8-13/h3-9H,10H2,1-2H3,(H,20,21). The smallest absolute Gasteiger partial charge is 0.309 e. The molecule has 2 rings (SSSR count). The van der Waals surface area contributed by atoms with Gasteiger partial charge >= 0.3 is 5.97 Å². The van der Waals surface area contributed by atoms with Gasteiger partial charge in [-0.2, -0.15) is 0 Å². The summed E-state index contributed by atoms with van der Waals surface area (Å²) in [5.41, 5.74) is 2.15. The molecule has 0 amide bonds. The molecule has 0 saturated heterocycles. The number of carbonyl (C=O) groups is 1. The van der Waals surface area contributed by atoms with E-state index < -0.39 is 11.4 Å². The van der Waals surface area contributed by atoms with Crippen LogP contribution in [-0.2, 0) is 11.2 Å². The zero-order valence-electron chi connectivity index (χ0n) is 11.9. The maximum absolute atomic E-state index is 11.2. The van der Waals surface area contributed by atoms with Gasteiger partial charge in [0.15, 0.2) is 0 Å². The van der Waals surface area contributed by atoms with Gasteiger partial charge < -0.3 is 5.11 Å². The first-order valence-corrected chi connectivity index (χ1v) is 7.32. The summed E-state index contributed by atoms with van der Waals surface area (Å²) in [6.07, 6.45) is 0.485. The van der Waals surface area contributed by atoms with Crippen molar-refractivity contribution in [2.45, 2.75) is 20.3 Å². The predicted molar refractivity (Wildman–Crippen MR) is 87.0 cm³/mol. The molecule has 0 atom stereocenters. The van der Waals surface area contributed by atoms with Gasteiger partial charge in [-0.15, -0.1) is 0 Å². The summed E-state index contributed by atoms with van der Waals surface area (Å²) in [5.74, 6) is -0.798. The molecular weight excluding hydrogens is 307 g/mol. The molecule has 2 aromatic rings. The van der Waals surface area contributed by atoms with Gasteiger partial charge in [-0.05, 0) is 55.2 Å². The third-order valence-corrected chi connectivity index (χ3v) is 3.81. The maximum atomic E-state index is 11.2. The Bertz CT molecular complexity index is 641. The van der Waals surface area contributed by atoms with E-state index >= 15 is 0 Å². The van der Waals surface area contributed by atoms with Gasteiger partial charge in [0.2, 0.25) is 0 Å². The second kappa shape index (κ2) is 6.08. The van der Waals surface area contributed by atoms with Crippen molar-refractivity contribution >= 4 is 29.2 Å². The van der Waals surface area contributed by atoms with Crippen molar-refractivity contribution in [3.05, 3.63) is 58.1 Å². The average Bonchev–Trinajstić information content (AvgIpc) is 2.37. The highest BCUT2D eigenvalue weighted by molar-refractivity contribution is 6.35. The zero-order chi connectivity index (χ0) is 15.6. The first kappa shape index (κ1) is 15.9. The van der Waals surface area contributed by atoms with Crippen LogP contribution in [0.1, 0.15) is 19.4 Å². The van der Waals surface area contributed by atoms with Gasteiger partial charge in [0, 0.05) is 10.0 Å². The fourth-order valence-corrected chi connectivity index (χ4v) is 2.65. The highest BCUT2D eigenvalue weighted by Gasteiger charge is 2.27. The highest BCUT2D eigenvalue weighted by Crippen LogP contribution is 2.28. The summed E-state index contributed by atoms with van der Waals surface area (Å²) < 4.78 is 0. The number of hydrogen-bond acceptors (Lipinski definition) is 1. The molecule has 0 aliphatic carbocycles. The van der Waals surface area contributed by atoms with Gasteiger partial charge in [-0.25, -0.2) is 0 Å². The van der Waals surface area contributed by atoms with Crippen molar-refractivity contribution < 1.29 is 9.90 Å². The van der Waals surface area contributed by atoms with E-state index in [9.17, 15) is 4.79 Å². The van der Waals surface area contributed by atoms with Crippen LogP contribution in [0.15, 0.2) is 42.5 Å². The first-order valence-electron chi connectivity index (χ1n) is 6.57. The van der Waals surface area contributed by atoms with Crippen molar-refractivity contribution in [3.8, 4) is 11.1 Å². The summed E-state index contributed by atoms with van der Waals surface area (Å²) in [6, 6.07) is 13.2. The van der Waals surface area contributed by atoms with Crippen molar-refractivity contribution in [1.29, 1.82) is 0 Å². The minimum absolute atomic E-state index is 0.485. The number of benzene rings is 2. The number of carboxylic acid groups (broad SMARTS) is 1. The number of rotatable bonds is 4. The zero-order valence-corrected chi connectivity index (χ0v) is 13.4. The molecule has 2 aromatic carbocycles. The molecule has 0 spiro atoms. The minimum Gasteiger partial charge on any atom is -0.481 e. The molecular formula is C17H16Cl2O2. The molecule has 0 fully saturated rings. The lowest BCUT2D eigenvalue weighted by Crippen LogP contribution is -2.26. The third kappa shape index (κ3) is 3.99. The van der Waals surface area contributed by atoms with Crippen molar-refractivity contribution in [1.82, 2.24) is 0 Å². The van der Waals surface area contributed by atoms with E-state index in [4.69, 9.17) is 28.3 Å². The van der Waals surface area contributed by atoms with E-state index in [1.54, 1.807) is 19.9 Å². The number of hydrogen-bond donors (Lipinski definition) is 1. The Morgan fingerprint density at radius 2 is 1.52 bits per heavy atom. The van der Waals surface area contributed by atoms with E-state index in [1.807, 2.05) is 36.4 Å². The largest absolute Gasteiger partial charge is 0.481 e. The molecule has 0 aliphatic rings. The Morgan fingerprint density at radius 3 is 2.00 bits per heavy atom. The molecule has 4 heteroatoms. The van der Waals surface area contributed by atoms with Gasteiger partial charge in [0.1, 0.15) is 0 Å². The second-order valence-electron chi connectivity index (χ2n) is 5.72. The van der Waals surface area contributed by atoms with Crippen molar-refractivity contribution in [3.63, 3.8) is 0 Å². The summed E-state index contributed by atoms with van der Waals surface area (Å²) >= 11 is 12.0. The molecule has 0 radical (unpaired) electrons. The Morgan fingerprint density at radius 1 is 1.00 bits per heavy atom. The lowest BCUT2D eigenvalue weighted by atomic mass is 9.85. The van der Waals surface area contributed by atoms with Crippen molar-refractivity contribution in [2.75, 3.05) is 0 Å². The minimum atomic E-state index is -0.798. The molecule has 1 N–H and O–H groups in total. The van der Waals surface area contributed by atoms with Crippen LogP contribution in [0, 0.1) is 5.41 Å². The lowest BCUT2D eigenvalue weighted by molar-refractivity contribution is -0.146. The quantitative estimate of drug-likeness (QED) is 0.827. The third-order valence-electron chi connectivity index (χ3n) is 3.37. The number of carboxylic acids is 1. The molecule has 2 nitrogen and oxygen atoms in total. The molecule has 0 aromatic heterocycles. The molecule has 0 saturated carbocycles. The number of halogens is 2. The molecule has 0 heterocycles. The second-order valence-corrected chi connectivity index (χ2v) is 6.59. The molecule has 110 valence electrons. The average molecular weight is 323 g/mol. The topological polar surface area (TPSA) is 37.3 Å². The Kier molecular flexibility index (Phi) is 4.60. The van der Waals surface area contributed by atoms with Gasteiger partial charge in [-0.1, -0.05) is 47.5 Å². The van der Waals surface area contributed by atoms with E-state index in [2.05, 4.69) is 0 Å². The Balaban J connectivity index is 2.25. The van der Waals surface area contributed by atoms with Crippen LogP contribution in [0.25, 0.3) is 11.1 Å². The maximum Gasteiger partial charge on any atom is 0.309 e. The van der Waals surface area contributed by atoms with E-state index in [0.29, 0.717) is 16.5 Å². The van der Waals surface area contributed by atoms with E-state index in [1.165, 1.54) is 0 Å². The summed E-state index contributed by atoms with van der Waals surface area (Å²) in [7, 11) is 0. The first-order chi connectivity index (χ1) is 9.78.